The summed E-state index contributed by atoms with van der Waals surface area (Å²) in [5.74, 6) is 0.0719. The van der Waals surface area contributed by atoms with Gasteiger partial charge in [-0.3, -0.25) is 4.79 Å². The number of rotatable bonds is 2. The molecule has 2 atom stereocenters. The molecule has 2 N–H and O–H groups in total. The van der Waals surface area contributed by atoms with Crippen molar-refractivity contribution in [3.63, 3.8) is 0 Å². The molecule has 2 aromatic rings. The van der Waals surface area contributed by atoms with E-state index >= 15 is 0 Å². The molecule has 1 amide bonds. The molecule has 122 valence electrons. The monoisotopic (exact) mass is 344 g/mol. The number of piperidine rings is 1. The van der Waals surface area contributed by atoms with Gasteiger partial charge in [0.15, 0.2) is 0 Å². The number of fused-ring (bicyclic) bond motifs is 1. The Labute approximate surface area is 142 Å². The lowest BCUT2D eigenvalue weighted by Crippen LogP contribution is -2.51. The molecule has 7 heteroatoms. The van der Waals surface area contributed by atoms with E-state index in [1.807, 2.05) is 40.8 Å². The molecule has 0 radical (unpaired) electrons. The zero-order valence-corrected chi connectivity index (χ0v) is 14.1. The van der Waals surface area contributed by atoms with E-state index in [0.717, 1.165) is 31.5 Å². The molecular weight excluding hydrogens is 323 g/mol. The number of carbonyl (C=O) groups is 1. The van der Waals surface area contributed by atoms with Crippen LogP contribution in [0.4, 0.5) is 0 Å². The highest BCUT2D eigenvalue weighted by Gasteiger charge is 2.29. The first-order chi connectivity index (χ1) is 9.66. The Morgan fingerprint density at radius 3 is 2.86 bits per heavy atom. The van der Waals surface area contributed by atoms with Gasteiger partial charge in [-0.25, -0.2) is 4.98 Å². The maximum absolute atomic E-state index is 12.7. The molecule has 3 rings (SSSR count). The fourth-order valence-electron chi connectivity index (χ4n) is 2.97. The van der Waals surface area contributed by atoms with Crippen molar-refractivity contribution in [3.8, 4) is 0 Å². The molecule has 2 aromatic heterocycles. The Kier molecular flexibility index (Phi) is 6.66. The number of halogens is 2. The first-order valence-corrected chi connectivity index (χ1v) is 7.16. The molecule has 0 spiro atoms. The summed E-state index contributed by atoms with van der Waals surface area (Å²) in [7, 11) is 0. The van der Waals surface area contributed by atoms with Gasteiger partial charge in [-0.2, -0.15) is 0 Å². The zero-order chi connectivity index (χ0) is 14.1. The normalized spacial score (nSPS) is 19.2. The van der Waals surface area contributed by atoms with Gasteiger partial charge in [-0.05, 0) is 38.3 Å². The largest absolute Gasteiger partial charge is 0.334 e. The topological polar surface area (TPSA) is 63.6 Å². The van der Waals surface area contributed by atoms with Crippen LogP contribution in [0, 0.1) is 0 Å². The van der Waals surface area contributed by atoms with Crippen LogP contribution in [0.5, 0.6) is 0 Å². The minimum absolute atomic E-state index is 0. The van der Waals surface area contributed by atoms with Crippen LogP contribution >= 0.6 is 24.8 Å². The van der Waals surface area contributed by atoms with Crippen molar-refractivity contribution in [3.05, 3.63) is 36.3 Å². The molecule has 22 heavy (non-hydrogen) atoms. The number of imidazole rings is 1. The second-order valence-corrected chi connectivity index (χ2v) is 5.53. The Bertz CT molecular complexity index is 629. The van der Waals surface area contributed by atoms with E-state index in [2.05, 4.69) is 4.98 Å². The zero-order valence-electron chi connectivity index (χ0n) is 12.5. The molecule has 0 bridgehead atoms. The number of likely N-dealkylation sites (tertiary alicyclic amines) is 1. The van der Waals surface area contributed by atoms with Crippen molar-refractivity contribution in [1.29, 1.82) is 0 Å². The third-order valence-corrected chi connectivity index (χ3v) is 4.05. The lowest BCUT2D eigenvalue weighted by Gasteiger charge is -2.38. The number of aromatic nitrogens is 2. The van der Waals surface area contributed by atoms with Crippen molar-refractivity contribution in [2.45, 2.75) is 38.3 Å². The molecule has 0 aliphatic carbocycles. The van der Waals surface area contributed by atoms with Crippen molar-refractivity contribution >= 4 is 36.4 Å². The average molecular weight is 345 g/mol. The van der Waals surface area contributed by atoms with Gasteiger partial charge in [0.2, 0.25) is 0 Å². The third-order valence-electron chi connectivity index (χ3n) is 4.05. The highest BCUT2D eigenvalue weighted by molar-refractivity contribution is 5.94. The molecule has 2 unspecified atom stereocenters. The summed E-state index contributed by atoms with van der Waals surface area (Å²) in [5.41, 5.74) is 7.59. The predicted molar refractivity (Wildman–Crippen MR) is 92.0 cm³/mol. The second kappa shape index (κ2) is 7.81. The van der Waals surface area contributed by atoms with E-state index in [1.54, 1.807) is 6.20 Å². The number of hydrogen-bond donors (Lipinski definition) is 1. The van der Waals surface area contributed by atoms with E-state index < -0.39 is 0 Å². The quantitative estimate of drug-likeness (QED) is 0.910. The summed E-state index contributed by atoms with van der Waals surface area (Å²) < 4.78 is 1.87. The van der Waals surface area contributed by atoms with E-state index in [-0.39, 0.29) is 42.8 Å². The SMILES string of the molecule is CC(N)C1CCCCN1C(=O)c1ccc2nccn2c1.Cl.Cl. The Hall–Kier alpha value is -1.30. The van der Waals surface area contributed by atoms with Crippen LogP contribution in [-0.2, 0) is 0 Å². The molecule has 1 saturated heterocycles. The van der Waals surface area contributed by atoms with Crippen molar-refractivity contribution in [2.75, 3.05) is 6.54 Å². The van der Waals surface area contributed by atoms with Crippen LogP contribution in [0.2, 0.25) is 0 Å². The van der Waals surface area contributed by atoms with Crippen molar-refractivity contribution in [2.24, 2.45) is 5.73 Å². The van der Waals surface area contributed by atoms with Crippen LogP contribution in [-0.4, -0.2) is 38.8 Å². The molecule has 3 heterocycles. The summed E-state index contributed by atoms with van der Waals surface area (Å²) in [5, 5.41) is 0. The number of nitrogens with zero attached hydrogens (tertiary/aromatic N) is 3. The molecule has 5 nitrogen and oxygen atoms in total. The van der Waals surface area contributed by atoms with Gasteiger partial charge in [0.1, 0.15) is 5.65 Å². The highest BCUT2D eigenvalue weighted by Crippen LogP contribution is 2.21. The molecule has 1 aliphatic heterocycles. The van der Waals surface area contributed by atoms with E-state index in [0.29, 0.717) is 5.56 Å². The van der Waals surface area contributed by atoms with Gasteiger partial charge in [0.25, 0.3) is 5.91 Å². The highest BCUT2D eigenvalue weighted by atomic mass is 35.5. The molecule has 0 aromatic carbocycles. The van der Waals surface area contributed by atoms with Gasteiger partial charge in [0, 0.05) is 37.2 Å². The fraction of sp³-hybridized carbons (Fsp3) is 0.467. The van der Waals surface area contributed by atoms with Crippen LogP contribution in [0.25, 0.3) is 5.65 Å². The van der Waals surface area contributed by atoms with Gasteiger partial charge in [-0.1, -0.05) is 0 Å². The summed E-state index contributed by atoms with van der Waals surface area (Å²) in [6.45, 7) is 2.78. The van der Waals surface area contributed by atoms with Crippen LogP contribution in [0.3, 0.4) is 0 Å². The minimum atomic E-state index is 0. The van der Waals surface area contributed by atoms with E-state index in [1.165, 1.54) is 0 Å². The van der Waals surface area contributed by atoms with Gasteiger partial charge in [0.05, 0.1) is 5.56 Å². The molecule has 1 fully saturated rings. The number of amides is 1. The summed E-state index contributed by atoms with van der Waals surface area (Å²) in [6, 6.07) is 3.88. The Morgan fingerprint density at radius 2 is 2.14 bits per heavy atom. The van der Waals surface area contributed by atoms with Crippen molar-refractivity contribution in [1.82, 2.24) is 14.3 Å². The summed E-state index contributed by atoms with van der Waals surface area (Å²) >= 11 is 0. The van der Waals surface area contributed by atoms with Crippen LogP contribution in [0.1, 0.15) is 36.5 Å². The fourth-order valence-corrected chi connectivity index (χ4v) is 2.97. The summed E-state index contributed by atoms with van der Waals surface area (Å²) in [6.07, 6.45) is 8.63. The van der Waals surface area contributed by atoms with Gasteiger partial charge >= 0.3 is 0 Å². The summed E-state index contributed by atoms with van der Waals surface area (Å²) in [4.78, 5) is 18.8. The first kappa shape index (κ1) is 18.7. The number of carbonyl (C=O) groups excluding carboxylic acids is 1. The Morgan fingerprint density at radius 1 is 1.36 bits per heavy atom. The third kappa shape index (κ3) is 3.54. The lowest BCUT2D eigenvalue weighted by atomic mass is 9.96. The number of nitrogens with two attached hydrogens (primary N) is 1. The minimum Gasteiger partial charge on any atom is -0.334 e. The van der Waals surface area contributed by atoms with E-state index in [9.17, 15) is 4.79 Å². The predicted octanol–water partition coefficient (Wildman–Crippen LogP) is 2.52. The van der Waals surface area contributed by atoms with Crippen LogP contribution < -0.4 is 5.73 Å². The maximum atomic E-state index is 12.7. The average Bonchev–Trinajstić information content (AvgIpc) is 2.93. The molecule has 0 saturated carbocycles. The first-order valence-electron chi connectivity index (χ1n) is 7.16. The van der Waals surface area contributed by atoms with Crippen LogP contribution in [0.15, 0.2) is 30.7 Å². The smallest absolute Gasteiger partial charge is 0.255 e. The maximum Gasteiger partial charge on any atom is 0.255 e. The second-order valence-electron chi connectivity index (χ2n) is 5.53. The number of pyridine rings is 1. The van der Waals surface area contributed by atoms with E-state index in [4.69, 9.17) is 5.73 Å². The van der Waals surface area contributed by atoms with Gasteiger partial charge < -0.3 is 15.0 Å². The van der Waals surface area contributed by atoms with Gasteiger partial charge in [-0.15, -0.1) is 24.8 Å². The lowest BCUT2D eigenvalue weighted by molar-refractivity contribution is 0.0583. The standard InChI is InChI=1S/C15H20N4O.2ClH/c1-11(16)13-4-2-3-8-19(13)15(20)12-5-6-14-17-7-9-18(14)10-12;;/h5-7,9-11,13H,2-4,8,16H2,1H3;2*1H. The van der Waals surface area contributed by atoms with Crippen molar-refractivity contribution < 1.29 is 4.79 Å². The molecule has 1 aliphatic rings. The number of hydrogen-bond acceptors (Lipinski definition) is 3. The Balaban J connectivity index is 0.00000121. The molecular formula is C15H22Cl2N4O.